The minimum absolute atomic E-state index is 0.283. The van der Waals surface area contributed by atoms with Crippen LogP contribution in [0.15, 0.2) is 66.9 Å². The Morgan fingerprint density at radius 1 is 1.03 bits per heavy atom. The molecule has 1 atom stereocenters. The normalized spacial score (nSPS) is 12.9. The molecule has 0 radical (unpaired) electrons. The Hall–Kier alpha value is -4.01. The second-order valence-corrected chi connectivity index (χ2v) is 9.19. The van der Waals surface area contributed by atoms with E-state index in [4.69, 9.17) is 21.1 Å². The number of aliphatic hydroxyl groups is 1. The predicted octanol–water partition coefficient (Wildman–Crippen LogP) is 4.90. The molecule has 5 rings (SSSR count). The van der Waals surface area contributed by atoms with E-state index in [2.05, 4.69) is 20.3 Å². The summed E-state index contributed by atoms with van der Waals surface area (Å²) in [4.78, 5) is 9.21. The standard InChI is InChI=1S/C28H26ClN5O3/c1-17-10-12-22(18(2)31-17)28(35,24-15-30-33-34(24)3)20-11-13-23-21(14-20)25(29)26(27(32-23)36-4)37-16-19-8-6-5-7-9-19/h5-15,35H,16H2,1-4H3. The van der Waals surface area contributed by atoms with Crippen LogP contribution in [0.25, 0.3) is 10.9 Å². The lowest BCUT2D eigenvalue weighted by Crippen LogP contribution is -2.32. The third kappa shape index (κ3) is 4.39. The Morgan fingerprint density at radius 3 is 2.49 bits per heavy atom. The van der Waals surface area contributed by atoms with Crippen molar-refractivity contribution < 1.29 is 14.6 Å². The number of aryl methyl sites for hydroxylation is 3. The lowest BCUT2D eigenvalue weighted by molar-refractivity contribution is 0.115. The number of pyridine rings is 2. The minimum Gasteiger partial charge on any atom is -0.482 e. The Bertz CT molecular complexity index is 1590. The van der Waals surface area contributed by atoms with Crippen molar-refractivity contribution in [3.8, 4) is 11.6 Å². The minimum atomic E-state index is -1.61. The molecule has 0 aliphatic carbocycles. The summed E-state index contributed by atoms with van der Waals surface area (Å²) in [6, 6.07) is 18.9. The zero-order valence-corrected chi connectivity index (χ0v) is 21.7. The Balaban J connectivity index is 1.68. The summed E-state index contributed by atoms with van der Waals surface area (Å²) in [5.74, 6) is 0.613. The van der Waals surface area contributed by atoms with Crippen molar-refractivity contribution in [1.29, 1.82) is 0 Å². The van der Waals surface area contributed by atoms with Gasteiger partial charge in [-0.1, -0.05) is 59.3 Å². The first-order chi connectivity index (χ1) is 17.8. The maximum atomic E-state index is 12.4. The first-order valence-electron chi connectivity index (χ1n) is 11.7. The molecule has 1 N–H and O–H groups in total. The fraction of sp³-hybridized carbons (Fsp3) is 0.214. The lowest BCUT2D eigenvalue weighted by atomic mass is 9.82. The predicted molar refractivity (Wildman–Crippen MR) is 141 cm³/mol. The first-order valence-corrected chi connectivity index (χ1v) is 12.1. The summed E-state index contributed by atoms with van der Waals surface area (Å²) in [5, 5.41) is 21.4. The molecule has 2 aromatic carbocycles. The van der Waals surface area contributed by atoms with Gasteiger partial charge >= 0.3 is 0 Å². The summed E-state index contributed by atoms with van der Waals surface area (Å²) < 4.78 is 13.1. The van der Waals surface area contributed by atoms with Gasteiger partial charge in [-0.2, -0.15) is 0 Å². The summed E-state index contributed by atoms with van der Waals surface area (Å²) in [7, 11) is 3.26. The highest BCUT2D eigenvalue weighted by atomic mass is 35.5. The van der Waals surface area contributed by atoms with Crippen molar-refractivity contribution in [1.82, 2.24) is 25.0 Å². The molecule has 188 valence electrons. The highest BCUT2D eigenvalue weighted by Gasteiger charge is 2.39. The van der Waals surface area contributed by atoms with E-state index in [1.54, 1.807) is 24.0 Å². The van der Waals surface area contributed by atoms with Crippen LogP contribution < -0.4 is 9.47 Å². The van der Waals surface area contributed by atoms with E-state index in [1.807, 2.05) is 68.4 Å². The highest BCUT2D eigenvalue weighted by Crippen LogP contribution is 2.43. The summed E-state index contributed by atoms with van der Waals surface area (Å²) >= 11 is 6.90. The van der Waals surface area contributed by atoms with Crippen molar-refractivity contribution in [2.24, 2.45) is 7.05 Å². The van der Waals surface area contributed by atoms with Crippen molar-refractivity contribution in [3.63, 3.8) is 0 Å². The van der Waals surface area contributed by atoms with Gasteiger partial charge in [-0.15, -0.1) is 5.10 Å². The van der Waals surface area contributed by atoms with Gasteiger partial charge in [0, 0.05) is 29.4 Å². The van der Waals surface area contributed by atoms with Crippen LogP contribution in [0.3, 0.4) is 0 Å². The zero-order chi connectivity index (χ0) is 26.2. The van der Waals surface area contributed by atoms with E-state index in [0.29, 0.717) is 50.8 Å². The molecule has 0 aliphatic heterocycles. The van der Waals surface area contributed by atoms with Gasteiger partial charge < -0.3 is 14.6 Å². The van der Waals surface area contributed by atoms with Gasteiger partial charge in [0.25, 0.3) is 5.88 Å². The number of hydrogen-bond acceptors (Lipinski definition) is 7. The van der Waals surface area contributed by atoms with E-state index in [0.717, 1.165) is 11.3 Å². The van der Waals surface area contributed by atoms with Crippen molar-refractivity contribution in [2.45, 2.75) is 26.1 Å². The molecule has 0 saturated heterocycles. The molecule has 0 saturated carbocycles. The molecule has 9 heteroatoms. The number of rotatable bonds is 7. The Kier molecular flexibility index (Phi) is 6.54. The van der Waals surface area contributed by atoms with Crippen molar-refractivity contribution in [2.75, 3.05) is 7.11 Å². The molecule has 0 bridgehead atoms. The largest absolute Gasteiger partial charge is 0.482 e. The van der Waals surface area contributed by atoms with Crippen LogP contribution in [0.4, 0.5) is 0 Å². The fourth-order valence-corrected chi connectivity index (χ4v) is 4.82. The molecule has 0 aliphatic rings. The van der Waals surface area contributed by atoms with E-state index in [9.17, 15) is 5.11 Å². The zero-order valence-electron chi connectivity index (χ0n) is 20.9. The number of hydrogen-bond donors (Lipinski definition) is 1. The highest BCUT2D eigenvalue weighted by molar-refractivity contribution is 6.37. The number of aromatic nitrogens is 5. The summed E-state index contributed by atoms with van der Waals surface area (Å²) in [6.45, 7) is 4.07. The second-order valence-electron chi connectivity index (χ2n) is 8.81. The van der Waals surface area contributed by atoms with E-state index < -0.39 is 5.60 Å². The molecular weight excluding hydrogens is 490 g/mol. The first kappa shape index (κ1) is 24.7. The molecule has 37 heavy (non-hydrogen) atoms. The van der Waals surface area contributed by atoms with E-state index in [-0.39, 0.29) is 5.88 Å². The number of halogens is 1. The molecular formula is C28H26ClN5O3. The number of fused-ring (bicyclic) bond motifs is 1. The number of ether oxygens (including phenoxy) is 2. The van der Waals surface area contributed by atoms with Crippen LogP contribution >= 0.6 is 11.6 Å². The second kappa shape index (κ2) is 9.80. The van der Waals surface area contributed by atoms with E-state index >= 15 is 0 Å². The van der Waals surface area contributed by atoms with E-state index in [1.165, 1.54) is 7.11 Å². The maximum Gasteiger partial charge on any atom is 0.258 e. The number of methoxy groups -OCH3 is 1. The molecule has 0 fully saturated rings. The average Bonchev–Trinajstić information content (AvgIpc) is 3.34. The van der Waals surface area contributed by atoms with Gasteiger partial charge in [-0.25, -0.2) is 9.67 Å². The third-order valence-corrected chi connectivity index (χ3v) is 6.76. The smallest absolute Gasteiger partial charge is 0.258 e. The van der Waals surface area contributed by atoms with Gasteiger partial charge in [-0.05, 0) is 43.2 Å². The van der Waals surface area contributed by atoms with Gasteiger partial charge in [0.1, 0.15) is 6.61 Å². The van der Waals surface area contributed by atoms with Crippen molar-refractivity contribution in [3.05, 3.63) is 106 Å². The van der Waals surface area contributed by atoms with Crippen LogP contribution in [0, 0.1) is 13.8 Å². The van der Waals surface area contributed by atoms with Crippen LogP contribution in [0.5, 0.6) is 11.6 Å². The molecule has 3 heterocycles. The summed E-state index contributed by atoms with van der Waals surface area (Å²) in [5.41, 5.74) is 3.17. The third-order valence-electron chi connectivity index (χ3n) is 6.39. The molecule has 0 amide bonds. The van der Waals surface area contributed by atoms with Gasteiger partial charge in [0.15, 0.2) is 5.60 Å². The Morgan fingerprint density at radius 2 is 1.81 bits per heavy atom. The molecule has 0 spiro atoms. The van der Waals surface area contributed by atoms with Crippen molar-refractivity contribution >= 4 is 22.5 Å². The summed E-state index contributed by atoms with van der Waals surface area (Å²) in [6.07, 6.45) is 1.55. The van der Waals surface area contributed by atoms with Crippen LogP contribution in [-0.2, 0) is 19.3 Å². The van der Waals surface area contributed by atoms with Crippen LogP contribution in [0.2, 0.25) is 5.02 Å². The average molecular weight is 516 g/mol. The quantitative estimate of drug-likeness (QED) is 0.329. The molecule has 5 aromatic rings. The molecule has 1 unspecified atom stereocenters. The topological polar surface area (TPSA) is 95.2 Å². The maximum absolute atomic E-state index is 12.4. The van der Waals surface area contributed by atoms with Gasteiger partial charge in [-0.3, -0.25) is 4.98 Å². The molecule has 3 aromatic heterocycles. The monoisotopic (exact) mass is 515 g/mol. The Labute approximate surface area is 219 Å². The van der Waals surface area contributed by atoms with Gasteiger partial charge in [0.05, 0.1) is 29.5 Å². The molecule has 8 nitrogen and oxygen atoms in total. The van der Waals surface area contributed by atoms with Crippen LogP contribution in [0.1, 0.15) is 33.8 Å². The van der Waals surface area contributed by atoms with Crippen LogP contribution in [-0.4, -0.2) is 37.2 Å². The lowest BCUT2D eigenvalue weighted by Gasteiger charge is -2.30. The fourth-order valence-electron chi connectivity index (χ4n) is 4.53. The number of benzene rings is 2. The SMILES string of the molecule is COc1nc2ccc(C(O)(c3ccc(C)nc3C)c3cnnn3C)cc2c(Cl)c1OCc1ccccc1. The number of nitrogens with zero attached hydrogens (tertiary/aromatic N) is 5. The van der Waals surface area contributed by atoms with Gasteiger partial charge in [0.2, 0.25) is 5.75 Å².